The predicted octanol–water partition coefficient (Wildman–Crippen LogP) is 2.54. The average Bonchev–Trinajstić information content (AvgIpc) is 2.08. The van der Waals surface area contributed by atoms with Gasteiger partial charge in [-0.1, -0.05) is 20.8 Å². The Morgan fingerprint density at radius 3 is 1.91 bits per heavy atom. The van der Waals surface area contributed by atoms with Gasteiger partial charge >= 0.3 is 8.56 Å². The summed E-state index contributed by atoms with van der Waals surface area (Å²) in [6, 6.07) is 2.11. The van der Waals surface area contributed by atoms with Crippen LogP contribution in [0.2, 0.25) is 12.1 Å². The molecule has 0 saturated heterocycles. The molecule has 0 saturated carbocycles. The second kappa shape index (κ2) is 5.74. The van der Waals surface area contributed by atoms with Crippen molar-refractivity contribution in [2.45, 2.75) is 39.3 Å². The van der Waals surface area contributed by atoms with Crippen molar-refractivity contribution in [2.75, 3.05) is 13.7 Å². The molecule has 2 nitrogen and oxygen atoms in total. The van der Waals surface area contributed by atoms with Gasteiger partial charge in [-0.25, -0.2) is 0 Å². The van der Waals surface area contributed by atoms with E-state index in [2.05, 4.69) is 20.8 Å². The zero-order valence-electron chi connectivity index (χ0n) is 8.14. The standard InChI is InChI=1S/C8H20O2Si/c1-5-8-10-11(6-2,7-3)9-4/h5-8H2,1-4H3. The topological polar surface area (TPSA) is 18.5 Å². The first kappa shape index (κ1) is 11.1. The lowest BCUT2D eigenvalue weighted by Gasteiger charge is -2.26. The van der Waals surface area contributed by atoms with Crippen molar-refractivity contribution in [1.29, 1.82) is 0 Å². The molecule has 0 aromatic rings. The molecule has 0 aliphatic heterocycles. The third-order valence-electron chi connectivity index (χ3n) is 2.02. The van der Waals surface area contributed by atoms with E-state index >= 15 is 0 Å². The van der Waals surface area contributed by atoms with Crippen LogP contribution in [0.4, 0.5) is 0 Å². The highest BCUT2D eigenvalue weighted by Crippen LogP contribution is 2.17. The Morgan fingerprint density at radius 1 is 1.09 bits per heavy atom. The molecule has 0 spiro atoms. The zero-order valence-corrected chi connectivity index (χ0v) is 9.14. The lowest BCUT2D eigenvalue weighted by molar-refractivity contribution is 0.200. The van der Waals surface area contributed by atoms with Crippen molar-refractivity contribution in [2.24, 2.45) is 0 Å². The molecule has 11 heavy (non-hydrogen) atoms. The van der Waals surface area contributed by atoms with Crippen LogP contribution in [0.1, 0.15) is 27.2 Å². The van der Waals surface area contributed by atoms with E-state index in [0.717, 1.165) is 25.1 Å². The van der Waals surface area contributed by atoms with Gasteiger partial charge in [-0.15, -0.1) is 0 Å². The fourth-order valence-corrected chi connectivity index (χ4v) is 3.27. The molecule has 0 heterocycles. The lowest BCUT2D eigenvalue weighted by atomic mass is 10.5. The smallest absolute Gasteiger partial charge is 0.337 e. The molecular weight excluding hydrogens is 156 g/mol. The Labute approximate surface area is 71.1 Å². The molecule has 0 aliphatic rings. The summed E-state index contributed by atoms with van der Waals surface area (Å²) in [5.74, 6) is 0. The minimum absolute atomic E-state index is 0.849. The third kappa shape index (κ3) is 3.36. The van der Waals surface area contributed by atoms with Gasteiger partial charge < -0.3 is 8.85 Å². The molecule has 0 atom stereocenters. The molecule has 0 aromatic carbocycles. The van der Waals surface area contributed by atoms with E-state index in [1.165, 1.54) is 0 Å². The normalized spacial score (nSPS) is 12.0. The van der Waals surface area contributed by atoms with Crippen LogP contribution < -0.4 is 0 Å². The van der Waals surface area contributed by atoms with Crippen LogP contribution in [0, 0.1) is 0 Å². The van der Waals surface area contributed by atoms with Gasteiger partial charge in [0.15, 0.2) is 0 Å². The van der Waals surface area contributed by atoms with Gasteiger partial charge in [-0.2, -0.15) is 0 Å². The lowest BCUT2D eigenvalue weighted by Crippen LogP contribution is -2.39. The molecule has 0 bridgehead atoms. The van der Waals surface area contributed by atoms with Gasteiger partial charge in [-0.05, 0) is 18.5 Å². The molecule has 0 aromatic heterocycles. The SMILES string of the molecule is CCCO[Si](CC)(CC)OC. The Morgan fingerprint density at radius 2 is 1.64 bits per heavy atom. The van der Waals surface area contributed by atoms with E-state index < -0.39 is 8.56 Å². The Bertz CT molecular complexity index is 83.8. The Hall–Kier alpha value is 0.137. The molecule has 0 amide bonds. The fraction of sp³-hybridized carbons (Fsp3) is 1.00. The summed E-state index contributed by atoms with van der Waals surface area (Å²) < 4.78 is 11.2. The van der Waals surface area contributed by atoms with E-state index in [9.17, 15) is 0 Å². The number of rotatable bonds is 6. The first-order chi connectivity index (χ1) is 5.24. The van der Waals surface area contributed by atoms with Crippen LogP contribution in [0.5, 0.6) is 0 Å². The molecule has 0 rings (SSSR count). The maximum Gasteiger partial charge on any atom is 0.337 e. The largest absolute Gasteiger partial charge is 0.398 e. The zero-order chi connectivity index (χ0) is 8.74. The van der Waals surface area contributed by atoms with Gasteiger partial charge in [0.2, 0.25) is 0 Å². The van der Waals surface area contributed by atoms with Crippen molar-refractivity contribution < 1.29 is 8.85 Å². The van der Waals surface area contributed by atoms with Gasteiger partial charge in [0.25, 0.3) is 0 Å². The van der Waals surface area contributed by atoms with E-state index in [1.807, 2.05) is 0 Å². The second-order valence-corrected chi connectivity index (χ2v) is 6.60. The third-order valence-corrected chi connectivity index (χ3v) is 5.65. The minimum atomic E-state index is -1.74. The summed E-state index contributed by atoms with van der Waals surface area (Å²) in [6.45, 7) is 7.27. The predicted molar refractivity (Wildman–Crippen MR) is 50.0 cm³/mol. The summed E-state index contributed by atoms with van der Waals surface area (Å²) >= 11 is 0. The van der Waals surface area contributed by atoms with Crippen molar-refractivity contribution in [1.82, 2.24) is 0 Å². The highest BCUT2D eigenvalue weighted by Gasteiger charge is 2.31. The van der Waals surface area contributed by atoms with Crippen LogP contribution in [-0.4, -0.2) is 22.3 Å². The summed E-state index contributed by atoms with van der Waals surface area (Å²) in [6.07, 6.45) is 1.08. The maximum atomic E-state index is 5.74. The molecule has 68 valence electrons. The molecule has 0 fully saturated rings. The van der Waals surface area contributed by atoms with Gasteiger partial charge in [0.05, 0.1) is 0 Å². The maximum absolute atomic E-state index is 5.74. The van der Waals surface area contributed by atoms with Crippen LogP contribution in [0.3, 0.4) is 0 Å². The van der Waals surface area contributed by atoms with Gasteiger partial charge in [0, 0.05) is 13.7 Å². The summed E-state index contributed by atoms with van der Waals surface area (Å²) in [4.78, 5) is 0. The fourth-order valence-electron chi connectivity index (χ4n) is 1.09. The summed E-state index contributed by atoms with van der Waals surface area (Å²) in [7, 11) is 0.0343. The highest BCUT2D eigenvalue weighted by molar-refractivity contribution is 6.67. The van der Waals surface area contributed by atoms with Crippen molar-refractivity contribution in [3.8, 4) is 0 Å². The highest BCUT2D eigenvalue weighted by atomic mass is 28.4. The van der Waals surface area contributed by atoms with Crippen molar-refractivity contribution >= 4 is 8.56 Å². The molecule has 0 radical (unpaired) electrons. The van der Waals surface area contributed by atoms with Crippen LogP contribution >= 0.6 is 0 Å². The molecule has 0 aliphatic carbocycles. The molecule has 0 unspecified atom stereocenters. The first-order valence-corrected chi connectivity index (χ1v) is 6.66. The van der Waals surface area contributed by atoms with Crippen LogP contribution in [0.15, 0.2) is 0 Å². The monoisotopic (exact) mass is 176 g/mol. The van der Waals surface area contributed by atoms with Crippen LogP contribution in [0.25, 0.3) is 0 Å². The van der Waals surface area contributed by atoms with Gasteiger partial charge in [-0.3, -0.25) is 0 Å². The van der Waals surface area contributed by atoms with E-state index in [1.54, 1.807) is 7.11 Å². The van der Waals surface area contributed by atoms with Crippen molar-refractivity contribution in [3.05, 3.63) is 0 Å². The molecule has 0 N–H and O–H groups in total. The Balaban J connectivity index is 3.84. The molecular formula is C8H20O2Si. The van der Waals surface area contributed by atoms with Gasteiger partial charge in [0.1, 0.15) is 0 Å². The summed E-state index contributed by atoms with van der Waals surface area (Å²) in [5, 5.41) is 0. The Kier molecular flexibility index (Phi) is 5.82. The van der Waals surface area contributed by atoms with E-state index in [0.29, 0.717) is 0 Å². The second-order valence-electron chi connectivity index (χ2n) is 2.67. The quantitative estimate of drug-likeness (QED) is 0.579. The van der Waals surface area contributed by atoms with Crippen LogP contribution in [-0.2, 0) is 8.85 Å². The molecule has 3 heteroatoms. The average molecular weight is 176 g/mol. The number of hydrogen-bond donors (Lipinski definition) is 0. The first-order valence-electron chi connectivity index (χ1n) is 4.43. The van der Waals surface area contributed by atoms with E-state index in [-0.39, 0.29) is 0 Å². The summed E-state index contributed by atoms with van der Waals surface area (Å²) in [5.41, 5.74) is 0. The van der Waals surface area contributed by atoms with Crippen molar-refractivity contribution in [3.63, 3.8) is 0 Å². The number of hydrogen-bond acceptors (Lipinski definition) is 2. The minimum Gasteiger partial charge on any atom is -0.398 e. The van der Waals surface area contributed by atoms with E-state index in [4.69, 9.17) is 8.85 Å².